The smallest absolute Gasteiger partial charge is 0.291 e. The van der Waals surface area contributed by atoms with Crippen LogP contribution in [0.4, 0.5) is 14.5 Å². The van der Waals surface area contributed by atoms with Gasteiger partial charge in [-0.15, -0.1) is 0 Å². The van der Waals surface area contributed by atoms with E-state index in [1.165, 1.54) is 36.5 Å². The fourth-order valence-corrected chi connectivity index (χ4v) is 5.74. The standard InChI is InChI=1S/C31H32ClF2N7O5/c32-24-14-20(39-29(42)28-37-16-21(38-28)13-19-1-4-25(46-11-7-35)27(34)26(19)33)2-3-23(24)31(44)40-8-5-18(6-9-40)30(43)41-10-12-45-22(15-36)17-41/h1-4,14,16,18,22H,5-6,8-13,15,17,36H2,(H,37,38)(H,39,42)/t22-/m0/s1. The number of likely N-dealkylation sites (tertiary alicyclic amines) is 1. The number of nitrogens with one attached hydrogen (secondary N) is 2. The van der Waals surface area contributed by atoms with E-state index in [4.69, 9.17) is 32.1 Å². The lowest BCUT2D eigenvalue weighted by Crippen LogP contribution is -2.51. The summed E-state index contributed by atoms with van der Waals surface area (Å²) in [5.74, 6) is -3.79. The van der Waals surface area contributed by atoms with Gasteiger partial charge in [0.25, 0.3) is 11.8 Å². The van der Waals surface area contributed by atoms with Gasteiger partial charge in [0, 0.05) is 62.6 Å². The molecule has 2 saturated heterocycles. The number of ether oxygens (including phenoxy) is 2. The molecule has 3 amide bonds. The number of rotatable bonds is 9. The molecule has 3 aromatic rings. The number of morpholine rings is 1. The van der Waals surface area contributed by atoms with Gasteiger partial charge in [0.15, 0.2) is 24.0 Å². The molecule has 2 aromatic carbocycles. The molecule has 4 N–H and O–H groups in total. The predicted octanol–water partition coefficient (Wildman–Crippen LogP) is 3.13. The summed E-state index contributed by atoms with van der Waals surface area (Å²) in [7, 11) is 0. The quantitative estimate of drug-likeness (QED) is 0.316. The number of anilines is 1. The van der Waals surface area contributed by atoms with Crippen LogP contribution in [0.1, 0.15) is 45.1 Å². The molecule has 2 fully saturated rings. The number of H-pyrrole nitrogens is 1. The van der Waals surface area contributed by atoms with Crippen LogP contribution in [0.2, 0.25) is 5.02 Å². The number of hydrogen-bond acceptors (Lipinski definition) is 8. The summed E-state index contributed by atoms with van der Waals surface area (Å²) in [5.41, 5.74) is 6.63. The third-order valence-electron chi connectivity index (χ3n) is 7.95. The van der Waals surface area contributed by atoms with Crippen molar-refractivity contribution in [3.05, 3.63) is 75.8 Å². The molecule has 0 radical (unpaired) electrons. The van der Waals surface area contributed by atoms with Crippen molar-refractivity contribution in [1.82, 2.24) is 19.8 Å². The first kappa shape index (κ1) is 32.8. The molecule has 15 heteroatoms. The molecule has 0 unspecified atom stereocenters. The van der Waals surface area contributed by atoms with Gasteiger partial charge in [-0.1, -0.05) is 17.7 Å². The minimum atomic E-state index is -1.21. The van der Waals surface area contributed by atoms with Gasteiger partial charge >= 0.3 is 0 Å². The molecule has 0 aliphatic carbocycles. The molecule has 5 rings (SSSR count). The second-order valence-corrected chi connectivity index (χ2v) is 11.4. The van der Waals surface area contributed by atoms with Crippen LogP contribution in [0.3, 0.4) is 0 Å². The Labute approximate surface area is 268 Å². The van der Waals surface area contributed by atoms with Crippen molar-refractivity contribution in [2.24, 2.45) is 11.7 Å². The monoisotopic (exact) mass is 655 g/mol. The Kier molecular flexibility index (Phi) is 10.5. The van der Waals surface area contributed by atoms with Gasteiger partial charge in [-0.2, -0.15) is 9.65 Å². The van der Waals surface area contributed by atoms with Crippen molar-refractivity contribution in [1.29, 1.82) is 5.26 Å². The molecular formula is C31H32ClF2N7O5. The number of aromatic nitrogens is 2. The van der Waals surface area contributed by atoms with E-state index in [1.807, 2.05) is 0 Å². The van der Waals surface area contributed by atoms with Crippen LogP contribution in [0.5, 0.6) is 5.75 Å². The molecule has 2 aliphatic heterocycles. The lowest BCUT2D eigenvalue weighted by Gasteiger charge is -2.37. The maximum atomic E-state index is 14.5. The Hall–Kier alpha value is -4.58. The zero-order valence-corrected chi connectivity index (χ0v) is 25.5. The minimum Gasteiger partial charge on any atom is -0.476 e. The number of benzene rings is 2. The highest BCUT2D eigenvalue weighted by atomic mass is 35.5. The topological polar surface area (TPSA) is 167 Å². The van der Waals surface area contributed by atoms with Gasteiger partial charge in [-0.05, 0) is 42.7 Å². The Bertz CT molecular complexity index is 1650. The second kappa shape index (κ2) is 14.7. The average Bonchev–Trinajstić information content (AvgIpc) is 3.55. The van der Waals surface area contributed by atoms with Crippen LogP contribution in [0, 0.1) is 28.9 Å². The summed E-state index contributed by atoms with van der Waals surface area (Å²) in [6.45, 7) is 2.22. The fourth-order valence-electron chi connectivity index (χ4n) is 5.48. The number of nitrogens with zero attached hydrogens (tertiary/aromatic N) is 4. The van der Waals surface area contributed by atoms with Gasteiger partial charge in [0.05, 0.1) is 23.3 Å². The maximum Gasteiger partial charge on any atom is 0.291 e. The molecule has 0 saturated carbocycles. The third-order valence-corrected chi connectivity index (χ3v) is 8.26. The highest BCUT2D eigenvalue weighted by molar-refractivity contribution is 6.34. The molecule has 2 aliphatic rings. The van der Waals surface area contributed by atoms with E-state index in [-0.39, 0.29) is 58.0 Å². The van der Waals surface area contributed by atoms with Crippen molar-refractivity contribution in [2.75, 3.05) is 51.3 Å². The van der Waals surface area contributed by atoms with Gasteiger partial charge in [0.1, 0.15) is 6.07 Å². The van der Waals surface area contributed by atoms with Crippen LogP contribution < -0.4 is 15.8 Å². The van der Waals surface area contributed by atoms with Crippen LogP contribution in [-0.4, -0.2) is 89.5 Å². The van der Waals surface area contributed by atoms with Crippen molar-refractivity contribution in [2.45, 2.75) is 25.4 Å². The summed E-state index contributed by atoms with van der Waals surface area (Å²) in [6.07, 6.45) is 2.16. The van der Waals surface area contributed by atoms with Crippen molar-refractivity contribution in [3.63, 3.8) is 0 Å². The number of hydrogen-bond donors (Lipinski definition) is 3. The van der Waals surface area contributed by atoms with Crippen LogP contribution in [0.15, 0.2) is 36.5 Å². The molecule has 12 nitrogen and oxygen atoms in total. The summed E-state index contributed by atoms with van der Waals surface area (Å²) in [4.78, 5) is 49.3. The van der Waals surface area contributed by atoms with Gasteiger partial charge in [-0.3, -0.25) is 14.4 Å². The van der Waals surface area contributed by atoms with E-state index < -0.39 is 24.1 Å². The first-order valence-corrected chi connectivity index (χ1v) is 15.1. The largest absolute Gasteiger partial charge is 0.476 e. The Morgan fingerprint density at radius 1 is 1.15 bits per heavy atom. The van der Waals surface area contributed by atoms with Crippen molar-refractivity contribution < 1.29 is 32.6 Å². The van der Waals surface area contributed by atoms with E-state index in [2.05, 4.69) is 15.3 Å². The normalized spacial score (nSPS) is 17.0. The molecule has 0 spiro atoms. The molecule has 46 heavy (non-hydrogen) atoms. The lowest BCUT2D eigenvalue weighted by molar-refractivity contribution is -0.144. The Balaban J connectivity index is 1.15. The number of halogens is 3. The second-order valence-electron chi connectivity index (χ2n) is 11.0. The molecule has 3 heterocycles. The molecule has 242 valence electrons. The van der Waals surface area contributed by atoms with E-state index in [9.17, 15) is 23.2 Å². The molecule has 0 bridgehead atoms. The summed E-state index contributed by atoms with van der Waals surface area (Å²) < 4.78 is 39.2. The summed E-state index contributed by atoms with van der Waals surface area (Å²) in [6, 6.07) is 8.74. The van der Waals surface area contributed by atoms with Gasteiger partial charge in [0.2, 0.25) is 11.7 Å². The minimum absolute atomic E-state index is 0.00182. The molecule has 1 atom stereocenters. The van der Waals surface area contributed by atoms with Crippen LogP contribution >= 0.6 is 11.6 Å². The average molecular weight is 656 g/mol. The summed E-state index contributed by atoms with van der Waals surface area (Å²) in [5, 5.41) is 11.4. The number of amides is 3. The number of aromatic amines is 1. The number of piperidine rings is 1. The molecule has 1 aromatic heterocycles. The van der Waals surface area contributed by atoms with E-state index in [0.717, 1.165) is 0 Å². The summed E-state index contributed by atoms with van der Waals surface area (Å²) >= 11 is 6.45. The fraction of sp³-hybridized carbons (Fsp3) is 0.387. The zero-order valence-electron chi connectivity index (χ0n) is 24.7. The number of carbonyl (C=O) groups excluding carboxylic acids is 3. The number of carbonyl (C=O) groups is 3. The Morgan fingerprint density at radius 2 is 1.93 bits per heavy atom. The zero-order chi connectivity index (χ0) is 32.8. The first-order chi connectivity index (χ1) is 22.2. The lowest BCUT2D eigenvalue weighted by atomic mass is 9.94. The van der Waals surface area contributed by atoms with Crippen LogP contribution in [0.25, 0.3) is 0 Å². The van der Waals surface area contributed by atoms with E-state index in [1.54, 1.807) is 15.9 Å². The van der Waals surface area contributed by atoms with E-state index in [0.29, 0.717) is 63.6 Å². The third kappa shape index (κ3) is 7.44. The number of imidazole rings is 1. The molecular weight excluding hydrogens is 624 g/mol. The number of nitrogens with two attached hydrogens (primary N) is 1. The van der Waals surface area contributed by atoms with Crippen molar-refractivity contribution >= 4 is 35.0 Å². The first-order valence-electron chi connectivity index (χ1n) is 14.7. The Morgan fingerprint density at radius 3 is 2.65 bits per heavy atom. The van der Waals surface area contributed by atoms with Gasteiger partial charge in [-0.25, -0.2) is 9.37 Å². The maximum absolute atomic E-state index is 14.5. The van der Waals surface area contributed by atoms with Gasteiger partial charge < -0.3 is 35.3 Å². The van der Waals surface area contributed by atoms with E-state index >= 15 is 0 Å². The highest BCUT2D eigenvalue weighted by Crippen LogP contribution is 2.27. The highest BCUT2D eigenvalue weighted by Gasteiger charge is 2.33. The predicted molar refractivity (Wildman–Crippen MR) is 162 cm³/mol. The van der Waals surface area contributed by atoms with Crippen molar-refractivity contribution in [3.8, 4) is 11.8 Å². The SMILES string of the molecule is N#CCOc1ccc(Cc2cnc(C(=O)Nc3ccc(C(=O)N4CCC(C(=O)N5CCO[C@@H](CN)C5)CC4)c(Cl)c3)[nH]2)c(F)c1F. The van der Waals surface area contributed by atoms with Crippen LogP contribution in [-0.2, 0) is 16.0 Å². The number of nitriles is 1.